The molecule has 0 saturated heterocycles. The van der Waals surface area contributed by atoms with Crippen LogP contribution >= 0.6 is 0 Å². The van der Waals surface area contributed by atoms with Crippen LogP contribution in [-0.2, 0) is 0 Å². The molecule has 0 radical (unpaired) electrons. The zero-order chi connectivity index (χ0) is 13.0. The number of methoxy groups -OCH3 is 1. The number of hydrogen-bond donors (Lipinski definition) is 0. The van der Waals surface area contributed by atoms with Crippen LogP contribution in [0.15, 0.2) is 12.1 Å². The molecule has 92 valence electrons. The highest BCUT2D eigenvalue weighted by atomic mass is 16.6. The van der Waals surface area contributed by atoms with Crippen LogP contribution in [0.25, 0.3) is 0 Å². The van der Waals surface area contributed by atoms with Gasteiger partial charge in [0.05, 0.1) is 36.2 Å². The van der Waals surface area contributed by atoms with Gasteiger partial charge in [0.25, 0.3) is 5.69 Å². The summed E-state index contributed by atoms with van der Waals surface area (Å²) >= 11 is 0. The Labute approximate surface area is 96.7 Å². The number of aromatic carboxylic acids is 1. The Hall–Kier alpha value is -2.31. The molecule has 0 aliphatic heterocycles. The zero-order valence-electron chi connectivity index (χ0n) is 9.26. The maximum atomic E-state index is 10.8. The fourth-order valence-corrected chi connectivity index (χ4v) is 1.29. The van der Waals surface area contributed by atoms with E-state index in [-0.39, 0.29) is 18.1 Å². The third kappa shape index (κ3) is 2.63. The lowest BCUT2D eigenvalue weighted by atomic mass is 10.1. The number of nitro groups is 1. The number of nitrogens with zero attached hydrogens (tertiary/aromatic N) is 1. The first-order chi connectivity index (χ1) is 8.01. The van der Waals surface area contributed by atoms with Crippen molar-refractivity contribution >= 4 is 11.7 Å². The van der Waals surface area contributed by atoms with Gasteiger partial charge in [0.1, 0.15) is 0 Å². The van der Waals surface area contributed by atoms with Crippen LogP contribution in [0, 0.1) is 10.1 Å². The number of hydrogen-bond acceptors (Lipinski definition) is 6. The largest absolute Gasteiger partial charge is 0.545 e. The second-order valence-electron chi connectivity index (χ2n) is 3.00. The van der Waals surface area contributed by atoms with Gasteiger partial charge in [-0.05, 0) is 13.0 Å². The standard InChI is InChI=1S/C10H11NO6/c1-3-17-9-4-6(10(12)13)7(11(14)15)5-8(9)16-2/h4-5H,3H2,1-2H3,(H,12,13)/p-1. The lowest BCUT2D eigenvalue weighted by Crippen LogP contribution is -2.23. The van der Waals surface area contributed by atoms with E-state index in [1.54, 1.807) is 6.92 Å². The summed E-state index contributed by atoms with van der Waals surface area (Å²) in [6, 6.07) is 2.02. The Morgan fingerprint density at radius 2 is 2.06 bits per heavy atom. The molecule has 1 aromatic carbocycles. The molecule has 0 saturated carbocycles. The van der Waals surface area contributed by atoms with Gasteiger partial charge in [-0.2, -0.15) is 0 Å². The Kier molecular flexibility index (Phi) is 3.86. The molecule has 0 N–H and O–H groups in total. The van der Waals surface area contributed by atoms with Gasteiger partial charge < -0.3 is 19.4 Å². The number of carboxylic acid groups (broad SMARTS) is 1. The third-order valence-electron chi connectivity index (χ3n) is 2.00. The first-order valence-electron chi connectivity index (χ1n) is 4.71. The Bertz CT molecular complexity index is 456. The number of ether oxygens (including phenoxy) is 2. The first kappa shape index (κ1) is 12.8. The monoisotopic (exact) mass is 240 g/mol. The maximum Gasteiger partial charge on any atom is 0.282 e. The molecule has 17 heavy (non-hydrogen) atoms. The fourth-order valence-electron chi connectivity index (χ4n) is 1.29. The Morgan fingerprint density at radius 1 is 1.41 bits per heavy atom. The molecule has 0 atom stereocenters. The van der Waals surface area contributed by atoms with Crippen LogP contribution in [-0.4, -0.2) is 24.6 Å². The topological polar surface area (TPSA) is 102 Å². The summed E-state index contributed by atoms with van der Waals surface area (Å²) in [7, 11) is 1.31. The van der Waals surface area contributed by atoms with Crippen molar-refractivity contribution < 1.29 is 24.3 Å². The van der Waals surface area contributed by atoms with E-state index in [2.05, 4.69) is 0 Å². The Balaban J connectivity index is 3.42. The van der Waals surface area contributed by atoms with Crippen LogP contribution < -0.4 is 14.6 Å². The van der Waals surface area contributed by atoms with Crippen LogP contribution in [0.2, 0.25) is 0 Å². The molecule has 0 aliphatic rings. The molecule has 1 aromatic rings. The summed E-state index contributed by atoms with van der Waals surface area (Å²) < 4.78 is 10.00. The highest BCUT2D eigenvalue weighted by Gasteiger charge is 2.20. The highest BCUT2D eigenvalue weighted by molar-refractivity contribution is 5.92. The first-order valence-corrected chi connectivity index (χ1v) is 4.71. The summed E-state index contributed by atoms with van der Waals surface area (Å²) in [5, 5.41) is 21.5. The van der Waals surface area contributed by atoms with Gasteiger partial charge in [-0.25, -0.2) is 0 Å². The molecule has 7 heteroatoms. The molecule has 0 spiro atoms. The lowest BCUT2D eigenvalue weighted by Gasteiger charge is -2.12. The van der Waals surface area contributed by atoms with Crippen molar-refractivity contribution in [2.24, 2.45) is 0 Å². The van der Waals surface area contributed by atoms with Crippen molar-refractivity contribution in [3.63, 3.8) is 0 Å². The van der Waals surface area contributed by atoms with Crippen LogP contribution in [0.4, 0.5) is 5.69 Å². The number of carbonyl (C=O) groups excluding carboxylic acids is 1. The third-order valence-corrected chi connectivity index (χ3v) is 2.00. The van der Waals surface area contributed by atoms with Gasteiger partial charge in [-0.15, -0.1) is 0 Å². The van der Waals surface area contributed by atoms with E-state index in [9.17, 15) is 20.0 Å². The molecule has 0 fully saturated rings. The molecule has 1 rings (SSSR count). The lowest BCUT2D eigenvalue weighted by molar-refractivity contribution is -0.385. The maximum absolute atomic E-state index is 10.8. The summed E-state index contributed by atoms with van der Waals surface area (Å²) in [5.74, 6) is -1.41. The van der Waals surface area contributed by atoms with E-state index in [1.807, 2.05) is 0 Å². The average Bonchev–Trinajstić information content (AvgIpc) is 2.28. The van der Waals surface area contributed by atoms with E-state index < -0.39 is 22.1 Å². The van der Waals surface area contributed by atoms with Crippen molar-refractivity contribution in [3.8, 4) is 11.5 Å². The molecule has 0 amide bonds. The number of nitro benzene ring substituents is 1. The average molecular weight is 240 g/mol. The van der Waals surface area contributed by atoms with Crippen molar-refractivity contribution in [1.82, 2.24) is 0 Å². The fraction of sp³-hybridized carbons (Fsp3) is 0.300. The van der Waals surface area contributed by atoms with Gasteiger partial charge in [0.2, 0.25) is 0 Å². The molecular weight excluding hydrogens is 230 g/mol. The van der Waals surface area contributed by atoms with Crippen LogP contribution in [0.1, 0.15) is 17.3 Å². The van der Waals surface area contributed by atoms with Crippen molar-refractivity contribution in [1.29, 1.82) is 0 Å². The van der Waals surface area contributed by atoms with Crippen molar-refractivity contribution in [3.05, 3.63) is 27.8 Å². The smallest absolute Gasteiger partial charge is 0.282 e. The minimum Gasteiger partial charge on any atom is -0.545 e. The Morgan fingerprint density at radius 3 is 2.47 bits per heavy atom. The van der Waals surface area contributed by atoms with Crippen molar-refractivity contribution in [2.75, 3.05) is 13.7 Å². The van der Waals surface area contributed by atoms with Crippen LogP contribution in [0.5, 0.6) is 11.5 Å². The molecular formula is C10H10NO6-. The number of carboxylic acids is 1. The second kappa shape index (κ2) is 5.15. The number of rotatable bonds is 5. The summed E-state index contributed by atoms with van der Waals surface area (Å²) in [5.41, 5.74) is -1.13. The second-order valence-corrected chi connectivity index (χ2v) is 3.00. The predicted molar refractivity (Wildman–Crippen MR) is 55.1 cm³/mol. The minimum absolute atomic E-state index is 0.101. The number of carbonyl (C=O) groups is 1. The van der Waals surface area contributed by atoms with E-state index in [1.165, 1.54) is 7.11 Å². The summed E-state index contributed by atoms with van der Waals surface area (Å²) in [4.78, 5) is 20.6. The normalized spacial score (nSPS) is 9.76. The predicted octanol–water partition coefficient (Wildman–Crippen LogP) is 0.366. The SMILES string of the molecule is CCOc1cc(C(=O)[O-])c([N+](=O)[O-])cc1OC. The van der Waals surface area contributed by atoms with Gasteiger partial charge in [0, 0.05) is 0 Å². The van der Waals surface area contributed by atoms with Gasteiger partial charge >= 0.3 is 0 Å². The molecule has 0 aliphatic carbocycles. The van der Waals surface area contributed by atoms with Crippen molar-refractivity contribution in [2.45, 2.75) is 6.92 Å². The van der Waals surface area contributed by atoms with E-state index in [0.29, 0.717) is 0 Å². The van der Waals surface area contributed by atoms with Gasteiger partial charge in [-0.3, -0.25) is 10.1 Å². The molecule has 0 heterocycles. The molecule has 7 nitrogen and oxygen atoms in total. The molecule has 0 unspecified atom stereocenters. The summed E-state index contributed by atoms with van der Waals surface area (Å²) in [6.07, 6.45) is 0. The van der Waals surface area contributed by atoms with E-state index >= 15 is 0 Å². The van der Waals surface area contributed by atoms with Gasteiger partial charge in [0.15, 0.2) is 11.5 Å². The zero-order valence-corrected chi connectivity index (χ0v) is 9.26. The number of benzene rings is 1. The van der Waals surface area contributed by atoms with E-state index in [4.69, 9.17) is 9.47 Å². The van der Waals surface area contributed by atoms with Crippen LogP contribution in [0.3, 0.4) is 0 Å². The van der Waals surface area contributed by atoms with Gasteiger partial charge in [-0.1, -0.05) is 0 Å². The molecule has 0 bridgehead atoms. The minimum atomic E-state index is -1.64. The summed E-state index contributed by atoms with van der Waals surface area (Å²) in [6.45, 7) is 1.97. The van der Waals surface area contributed by atoms with E-state index in [0.717, 1.165) is 12.1 Å². The molecule has 0 aromatic heterocycles. The quantitative estimate of drug-likeness (QED) is 0.544. The highest BCUT2D eigenvalue weighted by Crippen LogP contribution is 2.34.